The van der Waals surface area contributed by atoms with E-state index in [4.69, 9.17) is 4.74 Å². The van der Waals surface area contributed by atoms with Gasteiger partial charge in [-0.25, -0.2) is 0 Å². The number of nitrogens with one attached hydrogen (secondary N) is 1. The first-order chi connectivity index (χ1) is 7.85. The fourth-order valence-corrected chi connectivity index (χ4v) is 2.75. The first kappa shape index (κ1) is 11.6. The van der Waals surface area contributed by atoms with E-state index in [1.165, 1.54) is 18.4 Å². The number of benzene rings is 1. The highest BCUT2D eigenvalue weighted by Crippen LogP contribution is 2.33. The molecule has 3 atom stereocenters. The maximum Gasteiger partial charge on any atom is 0.0729 e. The molecule has 88 valence electrons. The van der Waals surface area contributed by atoms with Crippen LogP contribution in [-0.4, -0.2) is 26.3 Å². The Kier molecular flexibility index (Phi) is 3.97. The van der Waals surface area contributed by atoms with Crippen molar-refractivity contribution in [3.8, 4) is 0 Å². The van der Waals surface area contributed by atoms with Gasteiger partial charge in [0.2, 0.25) is 0 Å². The van der Waals surface area contributed by atoms with E-state index in [2.05, 4.69) is 35.6 Å². The van der Waals surface area contributed by atoms with Crippen molar-refractivity contribution in [1.29, 1.82) is 0 Å². The molecule has 0 heterocycles. The number of methoxy groups -OCH3 is 1. The van der Waals surface area contributed by atoms with E-state index in [0.29, 0.717) is 18.1 Å². The Labute approximate surface area is 98.0 Å². The maximum atomic E-state index is 5.58. The molecule has 3 unspecified atom stereocenters. The fourth-order valence-electron chi connectivity index (χ4n) is 2.75. The highest BCUT2D eigenvalue weighted by atomic mass is 16.5. The van der Waals surface area contributed by atoms with Gasteiger partial charge in [0.25, 0.3) is 0 Å². The summed E-state index contributed by atoms with van der Waals surface area (Å²) >= 11 is 0. The van der Waals surface area contributed by atoms with Crippen LogP contribution in [0.3, 0.4) is 0 Å². The zero-order valence-electron chi connectivity index (χ0n) is 10.1. The van der Waals surface area contributed by atoms with Gasteiger partial charge in [0.1, 0.15) is 0 Å². The predicted octanol–water partition coefficient (Wildman–Crippen LogP) is 2.56. The number of likely N-dealkylation sites (N-methyl/N-ethyl adjacent to an activating group) is 1. The lowest BCUT2D eigenvalue weighted by Gasteiger charge is -2.35. The summed E-state index contributed by atoms with van der Waals surface area (Å²) in [7, 11) is 3.85. The molecule has 2 heteroatoms. The average Bonchev–Trinajstić information content (AvgIpc) is 2.39. The molecule has 0 aromatic heterocycles. The number of rotatable bonds is 3. The first-order valence-corrected chi connectivity index (χ1v) is 6.10. The monoisotopic (exact) mass is 219 g/mol. The number of ether oxygens (including phenoxy) is 1. The highest BCUT2D eigenvalue weighted by molar-refractivity contribution is 5.20. The zero-order valence-corrected chi connectivity index (χ0v) is 10.1. The molecule has 0 amide bonds. The van der Waals surface area contributed by atoms with Gasteiger partial charge >= 0.3 is 0 Å². The Morgan fingerprint density at radius 1 is 1.19 bits per heavy atom. The van der Waals surface area contributed by atoms with E-state index >= 15 is 0 Å². The van der Waals surface area contributed by atoms with E-state index in [0.717, 1.165) is 6.42 Å². The molecule has 1 saturated carbocycles. The molecule has 0 bridgehead atoms. The van der Waals surface area contributed by atoms with E-state index < -0.39 is 0 Å². The Hall–Kier alpha value is -0.860. The molecule has 1 aromatic carbocycles. The lowest BCUT2D eigenvalue weighted by Crippen LogP contribution is -2.43. The summed E-state index contributed by atoms with van der Waals surface area (Å²) in [6, 6.07) is 11.3. The van der Waals surface area contributed by atoms with Crippen molar-refractivity contribution in [1.82, 2.24) is 5.32 Å². The summed E-state index contributed by atoms with van der Waals surface area (Å²) in [5.74, 6) is 0.663. The van der Waals surface area contributed by atoms with Gasteiger partial charge in [0, 0.05) is 13.2 Å². The summed E-state index contributed by atoms with van der Waals surface area (Å²) in [6.45, 7) is 0. The van der Waals surface area contributed by atoms with Crippen LogP contribution in [-0.2, 0) is 4.74 Å². The topological polar surface area (TPSA) is 21.3 Å². The average molecular weight is 219 g/mol. The van der Waals surface area contributed by atoms with Gasteiger partial charge in [-0.15, -0.1) is 0 Å². The van der Waals surface area contributed by atoms with Gasteiger partial charge in [-0.1, -0.05) is 30.3 Å². The summed E-state index contributed by atoms with van der Waals surface area (Å²) in [6.07, 6.45) is 3.94. The Bertz CT molecular complexity index is 312. The summed E-state index contributed by atoms with van der Waals surface area (Å²) in [5.41, 5.74) is 1.46. The van der Waals surface area contributed by atoms with Crippen LogP contribution in [0.15, 0.2) is 30.3 Å². The van der Waals surface area contributed by atoms with Gasteiger partial charge in [0.15, 0.2) is 0 Å². The molecule has 1 fully saturated rings. The maximum absolute atomic E-state index is 5.58. The Morgan fingerprint density at radius 3 is 2.56 bits per heavy atom. The van der Waals surface area contributed by atoms with Crippen molar-refractivity contribution in [3.63, 3.8) is 0 Å². The van der Waals surface area contributed by atoms with Crippen molar-refractivity contribution in [3.05, 3.63) is 35.9 Å². The number of hydrogen-bond donors (Lipinski definition) is 1. The minimum absolute atomic E-state index is 0.351. The molecule has 16 heavy (non-hydrogen) atoms. The first-order valence-electron chi connectivity index (χ1n) is 6.10. The Morgan fingerprint density at radius 2 is 1.94 bits per heavy atom. The molecule has 0 spiro atoms. The van der Waals surface area contributed by atoms with Crippen molar-refractivity contribution in [2.24, 2.45) is 0 Å². The quantitative estimate of drug-likeness (QED) is 0.843. The van der Waals surface area contributed by atoms with E-state index in [9.17, 15) is 0 Å². The molecular weight excluding hydrogens is 198 g/mol. The molecule has 0 saturated heterocycles. The largest absolute Gasteiger partial charge is 0.380 e. The van der Waals surface area contributed by atoms with Gasteiger partial charge in [0.05, 0.1) is 6.10 Å². The molecule has 1 aliphatic carbocycles. The SMILES string of the molecule is CNC1CCC(c2ccccc2)CC1OC. The van der Waals surface area contributed by atoms with Crippen molar-refractivity contribution in [2.45, 2.75) is 37.3 Å². The van der Waals surface area contributed by atoms with Crippen molar-refractivity contribution < 1.29 is 4.74 Å². The molecule has 2 rings (SSSR count). The highest BCUT2D eigenvalue weighted by Gasteiger charge is 2.29. The molecule has 1 aliphatic rings. The van der Waals surface area contributed by atoms with Crippen LogP contribution in [0.25, 0.3) is 0 Å². The van der Waals surface area contributed by atoms with Crippen LogP contribution in [0.2, 0.25) is 0 Å². The van der Waals surface area contributed by atoms with Crippen LogP contribution >= 0.6 is 0 Å². The summed E-state index contributed by atoms with van der Waals surface area (Å²) in [5, 5.41) is 3.35. The smallest absolute Gasteiger partial charge is 0.0729 e. The van der Waals surface area contributed by atoms with Gasteiger partial charge < -0.3 is 10.1 Å². The van der Waals surface area contributed by atoms with Gasteiger partial charge in [-0.05, 0) is 37.8 Å². The molecular formula is C14H21NO. The molecule has 0 radical (unpaired) electrons. The van der Waals surface area contributed by atoms with Gasteiger partial charge in [-0.3, -0.25) is 0 Å². The normalized spacial score (nSPS) is 30.2. The van der Waals surface area contributed by atoms with Gasteiger partial charge in [-0.2, -0.15) is 0 Å². The van der Waals surface area contributed by atoms with E-state index in [1.807, 2.05) is 14.2 Å². The minimum Gasteiger partial charge on any atom is -0.380 e. The third-order valence-corrected chi connectivity index (χ3v) is 3.74. The van der Waals surface area contributed by atoms with Crippen molar-refractivity contribution >= 4 is 0 Å². The lowest BCUT2D eigenvalue weighted by molar-refractivity contribution is 0.0373. The summed E-state index contributed by atoms with van der Waals surface area (Å²) in [4.78, 5) is 0. The van der Waals surface area contributed by atoms with E-state index in [-0.39, 0.29) is 0 Å². The molecule has 1 N–H and O–H groups in total. The van der Waals surface area contributed by atoms with Crippen LogP contribution in [0.1, 0.15) is 30.7 Å². The predicted molar refractivity (Wildman–Crippen MR) is 66.7 cm³/mol. The minimum atomic E-state index is 0.351. The molecule has 1 aromatic rings. The lowest BCUT2D eigenvalue weighted by atomic mass is 9.80. The third kappa shape index (κ3) is 2.45. The van der Waals surface area contributed by atoms with Crippen LogP contribution in [0, 0.1) is 0 Å². The summed E-state index contributed by atoms with van der Waals surface area (Å²) < 4.78 is 5.58. The molecule has 0 aliphatic heterocycles. The Balaban J connectivity index is 2.05. The van der Waals surface area contributed by atoms with Crippen LogP contribution in [0.4, 0.5) is 0 Å². The second kappa shape index (κ2) is 5.46. The van der Waals surface area contributed by atoms with E-state index in [1.54, 1.807) is 0 Å². The van der Waals surface area contributed by atoms with Crippen LogP contribution in [0.5, 0.6) is 0 Å². The zero-order chi connectivity index (χ0) is 11.4. The third-order valence-electron chi connectivity index (χ3n) is 3.74. The second-order valence-corrected chi connectivity index (χ2v) is 4.59. The van der Waals surface area contributed by atoms with Crippen molar-refractivity contribution in [2.75, 3.05) is 14.2 Å². The standard InChI is InChI=1S/C14H21NO/c1-15-13-9-8-12(10-14(13)16-2)11-6-4-3-5-7-11/h3-7,12-15H,8-10H2,1-2H3. The second-order valence-electron chi connectivity index (χ2n) is 4.59. The van der Waals surface area contributed by atoms with Crippen LogP contribution < -0.4 is 5.32 Å². The number of hydrogen-bond acceptors (Lipinski definition) is 2. The fraction of sp³-hybridized carbons (Fsp3) is 0.571. The molecule has 2 nitrogen and oxygen atoms in total.